The highest BCUT2D eigenvalue weighted by Crippen LogP contribution is 2.34. The number of ether oxygens (including phenoxy) is 1. The Morgan fingerprint density at radius 1 is 1.14 bits per heavy atom. The zero-order chi connectivity index (χ0) is 35.0. The fourth-order valence-electron chi connectivity index (χ4n) is 5.85. The molecule has 2 aliphatic rings. The molecule has 4 aromatic rings. The first-order chi connectivity index (χ1) is 23.4. The summed E-state index contributed by atoms with van der Waals surface area (Å²) in [5.41, 5.74) is -0.654. The van der Waals surface area contributed by atoms with Crippen LogP contribution in [0.15, 0.2) is 41.5 Å². The number of anilines is 2. The molecule has 258 valence electrons. The molecule has 5 heterocycles. The van der Waals surface area contributed by atoms with Gasteiger partial charge in [-0.1, -0.05) is 24.6 Å². The Morgan fingerprint density at radius 3 is 2.53 bits per heavy atom. The summed E-state index contributed by atoms with van der Waals surface area (Å²) in [5, 5.41) is 16.8. The largest absolute Gasteiger partial charge is 0.505 e. The third kappa shape index (κ3) is 6.67. The van der Waals surface area contributed by atoms with E-state index >= 15 is 0 Å². The van der Waals surface area contributed by atoms with Crippen LogP contribution in [0.2, 0.25) is 5.02 Å². The monoisotopic (exact) mass is 704 g/mol. The molecule has 0 atom stereocenters. The van der Waals surface area contributed by atoms with Crippen molar-refractivity contribution in [3.05, 3.63) is 80.5 Å². The second-order valence-electron chi connectivity index (χ2n) is 11.3. The molecular weight excluding hydrogens is 676 g/mol. The van der Waals surface area contributed by atoms with E-state index in [0.29, 0.717) is 31.4 Å². The van der Waals surface area contributed by atoms with Gasteiger partial charge in [0.2, 0.25) is 11.7 Å². The summed E-state index contributed by atoms with van der Waals surface area (Å²) in [4.78, 5) is 51.9. The average molecular weight is 705 g/mol. The number of alkyl halides is 3. The number of nitrogens with zero attached hydrogens (tertiary/aromatic N) is 7. The summed E-state index contributed by atoms with van der Waals surface area (Å²) in [7, 11) is 0. The molecule has 0 unspecified atom stereocenters. The number of carbonyl (C=O) groups excluding carboxylic acids is 2. The van der Waals surface area contributed by atoms with Gasteiger partial charge in [0, 0.05) is 26.2 Å². The number of amides is 2. The van der Waals surface area contributed by atoms with Gasteiger partial charge < -0.3 is 29.5 Å². The maximum absolute atomic E-state index is 14.4. The Labute approximate surface area is 280 Å². The van der Waals surface area contributed by atoms with Crippen molar-refractivity contribution < 1.29 is 37.0 Å². The highest BCUT2D eigenvalue weighted by molar-refractivity contribution is 6.33. The van der Waals surface area contributed by atoms with Crippen molar-refractivity contribution in [1.29, 1.82) is 0 Å². The van der Waals surface area contributed by atoms with E-state index in [-0.39, 0.29) is 60.6 Å². The van der Waals surface area contributed by atoms with Crippen LogP contribution in [0.5, 0.6) is 5.75 Å². The molecule has 2 aliphatic heterocycles. The van der Waals surface area contributed by atoms with E-state index in [0.717, 1.165) is 34.6 Å². The number of benzene rings is 1. The normalized spacial score (nSPS) is 15.4. The summed E-state index contributed by atoms with van der Waals surface area (Å²) in [6.45, 7) is 2.57. The smallest absolute Gasteiger partial charge is 0.416 e. The van der Waals surface area contributed by atoms with Crippen molar-refractivity contribution >= 4 is 46.1 Å². The summed E-state index contributed by atoms with van der Waals surface area (Å²) in [6, 6.07) is 2.57. The van der Waals surface area contributed by atoms with Gasteiger partial charge in [-0.05, 0) is 36.6 Å². The van der Waals surface area contributed by atoms with Crippen molar-refractivity contribution in [3.8, 4) is 5.75 Å². The summed E-state index contributed by atoms with van der Waals surface area (Å²) >= 11 is 6.09. The Hall–Kier alpha value is -5.03. The van der Waals surface area contributed by atoms with Gasteiger partial charge in [-0.15, -0.1) is 5.10 Å². The molecule has 13 nitrogen and oxygen atoms in total. The quantitative estimate of drug-likeness (QED) is 0.275. The van der Waals surface area contributed by atoms with Crippen LogP contribution in [0.3, 0.4) is 0 Å². The van der Waals surface area contributed by atoms with Gasteiger partial charge in [0.15, 0.2) is 11.6 Å². The van der Waals surface area contributed by atoms with Gasteiger partial charge in [-0.25, -0.2) is 4.39 Å². The fraction of sp³-hybridized carbons (Fsp3) is 0.355. The third-order valence-corrected chi connectivity index (χ3v) is 8.57. The number of rotatable bonds is 7. The molecule has 0 bridgehead atoms. The molecule has 0 aliphatic carbocycles. The molecule has 2 N–H and O–H groups in total. The lowest BCUT2D eigenvalue weighted by Crippen LogP contribution is -2.51. The highest BCUT2D eigenvalue weighted by atomic mass is 35.5. The van der Waals surface area contributed by atoms with Crippen LogP contribution in [-0.2, 0) is 28.7 Å². The lowest BCUT2D eigenvalue weighted by atomic mass is 10.1. The first kappa shape index (κ1) is 33.9. The van der Waals surface area contributed by atoms with E-state index < -0.39 is 52.8 Å². The minimum Gasteiger partial charge on any atom is -0.505 e. The highest BCUT2D eigenvalue weighted by Gasteiger charge is 2.32. The van der Waals surface area contributed by atoms with Gasteiger partial charge in [0.25, 0.3) is 11.5 Å². The zero-order valence-corrected chi connectivity index (χ0v) is 26.7. The number of aromatic nitrogens is 5. The van der Waals surface area contributed by atoms with Crippen molar-refractivity contribution in [1.82, 2.24) is 29.0 Å². The van der Waals surface area contributed by atoms with Crippen LogP contribution in [-0.4, -0.2) is 85.4 Å². The molecule has 6 rings (SSSR count). The van der Waals surface area contributed by atoms with E-state index in [1.165, 1.54) is 9.47 Å². The predicted octanol–water partition coefficient (Wildman–Crippen LogP) is 3.77. The average Bonchev–Trinajstić information content (AvgIpc) is 3.53. The van der Waals surface area contributed by atoms with Crippen molar-refractivity contribution in [2.75, 3.05) is 49.6 Å². The van der Waals surface area contributed by atoms with E-state index in [1.807, 2.05) is 0 Å². The van der Waals surface area contributed by atoms with Crippen LogP contribution >= 0.6 is 11.6 Å². The molecule has 49 heavy (non-hydrogen) atoms. The summed E-state index contributed by atoms with van der Waals surface area (Å²) in [5.74, 6) is -2.60. The number of hydrogen-bond donors (Lipinski definition) is 2. The van der Waals surface area contributed by atoms with Gasteiger partial charge >= 0.3 is 6.18 Å². The first-order valence-electron chi connectivity index (χ1n) is 15.2. The van der Waals surface area contributed by atoms with Crippen LogP contribution in [0.1, 0.15) is 40.8 Å². The number of nitrogens with one attached hydrogen (secondary N) is 1. The molecule has 2 amide bonds. The molecule has 0 spiro atoms. The Balaban J connectivity index is 1.35. The van der Waals surface area contributed by atoms with E-state index in [9.17, 15) is 37.1 Å². The topological polar surface area (TPSA) is 147 Å². The maximum atomic E-state index is 14.4. The molecular formula is C31H29ClF4N8O5. The summed E-state index contributed by atoms with van der Waals surface area (Å²) < 4.78 is 61.9. The van der Waals surface area contributed by atoms with Crippen LogP contribution in [0, 0.1) is 5.82 Å². The van der Waals surface area contributed by atoms with E-state index in [2.05, 4.69) is 20.4 Å². The number of aromatic hydroxyl groups is 1. The standard InChI is InChI=1S/C31H29ClF4N8O5/c1-2-22-26(41-7-9-42(10-8-41)28(47)25-20(33)14-37-15-23(25)45)29(48)44-30(39-27(40-44)17-5-11-49-12-6-17)43(22)16-24(46)38-21-4-3-18(13-19(21)32)31(34,35)36/h3-5,13-15,45H,2,6-12,16H2,1H3,(H,38,46). The minimum absolute atomic E-state index is 0.0398. The Bertz CT molecular complexity index is 2020. The molecule has 0 saturated carbocycles. The number of halogens is 5. The van der Waals surface area contributed by atoms with Gasteiger partial charge in [-0.2, -0.15) is 22.7 Å². The first-order valence-corrected chi connectivity index (χ1v) is 15.6. The van der Waals surface area contributed by atoms with Gasteiger partial charge in [0.1, 0.15) is 23.5 Å². The van der Waals surface area contributed by atoms with Crippen LogP contribution in [0.25, 0.3) is 11.4 Å². The Morgan fingerprint density at radius 2 is 1.90 bits per heavy atom. The molecule has 1 fully saturated rings. The third-order valence-electron chi connectivity index (χ3n) is 8.26. The fourth-order valence-corrected chi connectivity index (χ4v) is 6.08. The minimum atomic E-state index is -4.62. The second-order valence-corrected chi connectivity index (χ2v) is 11.7. The predicted molar refractivity (Wildman–Crippen MR) is 169 cm³/mol. The molecule has 18 heteroatoms. The Kier molecular flexibility index (Phi) is 9.30. The van der Waals surface area contributed by atoms with Crippen molar-refractivity contribution in [3.63, 3.8) is 0 Å². The number of hydrogen-bond acceptors (Lipinski definition) is 9. The number of carbonyl (C=O) groups is 2. The number of pyridine rings is 1. The second kappa shape index (κ2) is 13.5. The van der Waals surface area contributed by atoms with Gasteiger partial charge in [0.05, 0.1) is 47.6 Å². The van der Waals surface area contributed by atoms with E-state index in [1.54, 1.807) is 17.9 Å². The lowest BCUT2D eigenvalue weighted by Gasteiger charge is -2.37. The molecule has 0 radical (unpaired) electrons. The van der Waals surface area contributed by atoms with Crippen molar-refractivity contribution in [2.45, 2.75) is 32.5 Å². The number of piperazine rings is 1. The van der Waals surface area contributed by atoms with Crippen LogP contribution < -0.4 is 15.8 Å². The number of fused-ring (bicyclic) bond motifs is 1. The van der Waals surface area contributed by atoms with E-state index in [4.69, 9.17) is 16.3 Å². The molecule has 1 saturated heterocycles. The molecule has 3 aromatic heterocycles. The SMILES string of the molecule is CCc1c(N2CCN(C(=O)c3c(O)cncc3F)CC2)c(=O)n2nc(C3=CCOCC3)nc2n1CC(=O)Nc1ccc(C(F)(F)F)cc1Cl. The molecule has 1 aromatic carbocycles. The zero-order valence-electron chi connectivity index (χ0n) is 25.9. The maximum Gasteiger partial charge on any atom is 0.416 e. The summed E-state index contributed by atoms with van der Waals surface area (Å²) in [6.07, 6.45) is -0.269. The van der Waals surface area contributed by atoms with Gasteiger partial charge in [-0.3, -0.25) is 19.4 Å². The lowest BCUT2D eigenvalue weighted by molar-refractivity contribution is -0.137. The van der Waals surface area contributed by atoms with Crippen molar-refractivity contribution in [2.24, 2.45) is 0 Å². The van der Waals surface area contributed by atoms with Crippen LogP contribution in [0.4, 0.5) is 28.9 Å².